The molecule has 0 spiro atoms. The molecule has 0 atom stereocenters. The monoisotopic (exact) mass is 302 g/mol. The van der Waals surface area contributed by atoms with E-state index >= 15 is 0 Å². The van der Waals surface area contributed by atoms with Gasteiger partial charge in [-0.2, -0.15) is 11.8 Å². The third-order valence-corrected chi connectivity index (χ3v) is 3.20. The first kappa shape index (κ1) is 13.4. The topological polar surface area (TPSA) is 55.1 Å². The molecule has 0 aliphatic heterocycles. The third-order valence-electron chi connectivity index (χ3n) is 2.13. The van der Waals surface area contributed by atoms with Crippen LogP contribution in [-0.2, 0) is 4.79 Å². The lowest BCUT2D eigenvalue weighted by molar-refractivity contribution is -0.115. The molecule has 0 radical (unpaired) electrons. The van der Waals surface area contributed by atoms with Crippen molar-refractivity contribution in [3.8, 4) is 0 Å². The van der Waals surface area contributed by atoms with Crippen LogP contribution in [-0.4, -0.2) is 17.9 Å². The number of hydrogen-bond donors (Lipinski definition) is 2. The molecule has 0 fully saturated rings. The highest BCUT2D eigenvalue weighted by Crippen LogP contribution is 2.27. The Balaban J connectivity index is 2.77. The summed E-state index contributed by atoms with van der Waals surface area (Å²) in [4.78, 5) is 11.6. The summed E-state index contributed by atoms with van der Waals surface area (Å²) < 4.78 is 0.921. The molecule has 0 saturated carbocycles. The number of halogens is 1. The molecule has 0 heterocycles. The Hall–Kier alpha value is -0.680. The standard InChI is InChI=1S/C11H15BrN2OS/c1-7-5-8(12)6-9(13)11(7)14-10(15)3-4-16-2/h5-6H,3-4,13H2,1-2H3,(H,14,15). The van der Waals surface area contributed by atoms with E-state index in [4.69, 9.17) is 5.73 Å². The van der Waals surface area contributed by atoms with Gasteiger partial charge in [0.05, 0.1) is 11.4 Å². The van der Waals surface area contributed by atoms with Crippen molar-refractivity contribution >= 4 is 45.0 Å². The summed E-state index contributed by atoms with van der Waals surface area (Å²) in [5, 5.41) is 2.84. The third kappa shape index (κ3) is 3.72. The lowest BCUT2D eigenvalue weighted by Gasteiger charge is -2.11. The van der Waals surface area contributed by atoms with Gasteiger partial charge in [0.2, 0.25) is 5.91 Å². The van der Waals surface area contributed by atoms with Crippen molar-refractivity contribution in [2.75, 3.05) is 23.1 Å². The van der Waals surface area contributed by atoms with Crippen LogP contribution in [0.2, 0.25) is 0 Å². The van der Waals surface area contributed by atoms with E-state index in [1.54, 1.807) is 17.8 Å². The number of carbonyl (C=O) groups is 1. The molecule has 0 aliphatic carbocycles. The number of aryl methyl sites for hydroxylation is 1. The zero-order valence-electron chi connectivity index (χ0n) is 9.34. The Kier molecular flexibility index (Phi) is 5.15. The summed E-state index contributed by atoms with van der Waals surface area (Å²) >= 11 is 5.01. The summed E-state index contributed by atoms with van der Waals surface area (Å²) in [6.07, 6.45) is 2.49. The Morgan fingerprint density at radius 2 is 2.25 bits per heavy atom. The number of anilines is 2. The largest absolute Gasteiger partial charge is 0.397 e. The average molecular weight is 303 g/mol. The van der Waals surface area contributed by atoms with Crippen molar-refractivity contribution in [3.63, 3.8) is 0 Å². The predicted octanol–water partition coefficient (Wildman–Crippen LogP) is 3.03. The Morgan fingerprint density at radius 1 is 1.56 bits per heavy atom. The first-order valence-electron chi connectivity index (χ1n) is 4.89. The number of nitrogens with two attached hydrogens (primary N) is 1. The van der Waals surface area contributed by atoms with E-state index in [0.29, 0.717) is 17.8 Å². The molecule has 1 rings (SSSR count). The molecule has 1 aromatic carbocycles. The minimum absolute atomic E-state index is 0.00599. The number of nitrogen functional groups attached to an aromatic ring is 1. The van der Waals surface area contributed by atoms with E-state index in [0.717, 1.165) is 15.8 Å². The van der Waals surface area contributed by atoms with Crippen molar-refractivity contribution < 1.29 is 4.79 Å². The summed E-state index contributed by atoms with van der Waals surface area (Å²) in [6.45, 7) is 1.92. The summed E-state index contributed by atoms with van der Waals surface area (Å²) in [5.41, 5.74) is 8.12. The molecule has 0 bridgehead atoms. The minimum Gasteiger partial charge on any atom is -0.397 e. The van der Waals surface area contributed by atoms with Crippen LogP contribution in [0.1, 0.15) is 12.0 Å². The fourth-order valence-corrected chi connectivity index (χ4v) is 2.32. The van der Waals surface area contributed by atoms with E-state index in [2.05, 4.69) is 21.2 Å². The van der Waals surface area contributed by atoms with Gasteiger partial charge < -0.3 is 11.1 Å². The van der Waals surface area contributed by atoms with Gasteiger partial charge in [0.15, 0.2) is 0 Å². The lowest BCUT2D eigenvalue weighted by atomic mass is 10.1. The quantitative estimate of drug-likeness (QED) is 0.841. The number of rotatable bonds is 4. The minimum atomic E-state index is 0.00599. The number of amides is 1. The molecule has 0 aliphatic rings. The number of hydrogen-bond acceptors (Lipinski definition) is 3. The van der Waals surface area contributed by atoms with Crippen molar-refractivity contribution in [3.05, 3.63) is 22.2 Å². The predicted molar refractivity (Wildman–Crippen MR) is 74.9 cm³/mol. The first-order valence-corrected chi connectivity index (χ1v) is 7.07. The second kappa shape index (κ2) is 6.15. The van der Waals surface area contributed by atoms with Gasteiger partial charge in [-0.25, -0.2) is 0 Å². The molecule has 1 aromatic rings. The van der Waals surface area contributed by atoms with Crippen LogP contribution in [0.3, 0.4) is 0 Å². The molecule has 5 heteroatoms. The summed E-state index contributed by atoms with van der Waals surface area (Å²) in [6, 6.07) is 3.72. The number of benzene rings is 1. The van der Waals surface area contributed by atoms with Crippen LogP contribution in [0.15, 0.2) is 16.6 Å². The summed E-state index contributed by atoms with van der Waals surface area (Å²) in [7, 11) is 0. The second-order valence-corrected chi connectivity index (χ2v) is 5.38. The second-order valence-electron chi connectivity index (χ2n) is 3.48. The van der Waals surface area contributed by atoms with Gasteiger partial charge in [-0.3, -0.25) is 4.79 Å². The lowest BCUT2D eigenvalue weighted by Crippen LogP contribution is -2.14. The molecule has 0 aromatic heterocycles. The van der Waals surface area contributed by atoms with Crippen molar-refractivity contribution in [1.29, 1.82) is 0 Å². The normalized spacial score (nSPS) is 10.2. The van der Waals surface area contributed by atoms with Gasteiger partial charge in [0.1, 0.15) is 0 Å². The number of carbonyl (C=O) groups excluding carboxylic acids is 1. The molecule has 3 nitrogen and oxygen atoms in total. The van der Waals surface area contributed by atoms with Crippen LogP contribution in [0.25, 0.3) is 0 Å². The Morgan fingerprint density at radius 3 is 2.81 bits per heavy atom. The Labute approximate surface area is 108 Å². The Bertz CT molecular complexity index is 373. The van der Waals surface area contributed by atoms with Gasteiger partial charge in [-0.05, 0) is 30.9 Å². The summed E-state index contributed by atoms with van der Waals surface area (Å²) in [5.74, 6) is 0.827. The number of nitrogens with one attached hydrogen (secondary N) is 1. The highest BCUT2D eigenvalue weighted by atomic mass is 79.9. The van der Waals surface area contributed by atoms with Crippen molar-refractivity contribution in [1.82, 2.24) is 0 Å². The first-order chi connectivity index (χ1) is 7.54. The zero-order valence-corrected chi connectivity index (χ0v) is 11.7. The molecular weight excluding hydrogens is 288 g/mol. The van der Waals surface area contributed by atoms with Gasteiger partial charge in [0.25, 0.3) is 0 Å². The van der Waals surface area contributed by atoms with Crippen LogP contribution in [0.4, 0.5) is 11.4 Å². The van der Waals surface area contributed by atoms with E-state index < -0.39 is 0 Å². The van der Waals surface area contributed by atoms with E-state index in [1.807, 2.05) is 19.2 Å². The van der Waals surface area contributed by atoms with Crippen LogP contribution in [0, 0.1) is 6.92 Å². The van der Waals surface area contributed by atoms with Crippen molar-refractivity contribution in [2.45, 2.75) is 13.3 Å². The average Bonchev–Trinajstić information content (AvgIpc) is 2.20. The smallest absolute Gasteiger partial charge is 0.225 e. The molecule has 0 saturated heterocycles. The maximum Gasteiger partial charge on any atom is 0.225 e. The highest BCUT2D eigenvalue weighted by Gasteiger charge is 2.08. The number of thioether (sulfide) groups is 1. The maximum absolute atomic E-state index is 11.6. The fourth-order valence-electron chi connectivity index (χ4n) is 1.34. The van der Waals surface area contributed by atoms with Gasteiger partial charge in [-0.1, -0.05) is 15.9 Å². The fraction of sp³-hybridized carbons (Fsp3) is 0.364. The molecular formula is C11H15BrN2OS. The molecule has 16 heavy (non-hydrogen) atoms. The molecule has 88 valence electrons. The van der Waals surface area contributed by atoms with E-state index in [1.165, 1.54) is 0 Å². The van der Waals surface area contributed by atoms with Crippen LogP contribution in [0.5, 0.6) is 0 Å². The maximum atomic E-state index is 11.6. The van der Waals surface area contributed by atoms with Crippen molar-refractivity contribution in [2.24, 2.45) is 0 Å². The van der Waals surface area contributed by atoms with E-state index in [-0.39, 0.29) is 5.91 Å². The molecule has 1 amide bonds. The molecule has 0 unspecified atom stereocenters. The van der Waals surface area contributed by atoms with Crippen LogP contribution >= 0.6 is 27.7 Å². The van der Waals surface area contributed by atoms with Crippen LogP contribution < -0.4 is 11.1 Å². The SMILES string of the molecule is CSCCC(=O)Nc1c(C)cc(Br)cc1N. The van der Waals surface area contributed by atoms with Gasteiger partial charge >= 0.3 is 0 Å². The highest BCUT2D eigenvalue weighted by molar-refractivity contribution is 9.10. The van der Waals surface area contributed by atoms with E-state index in [9.17, 15) is 4.79 Å². The van der Waals surface area contributed by atoms with Gasteiger partial charge in [0, 0.05) is 16.6 Å². The molecule has 3 N–H and O–H groups in total. The zero-order chi connectivity index (χ0) is 12.1. The van der Waals surface area contributed by atoms with Gasteiger partial charge in [-0.15, -0.1) is 0 Å².